The van der Waals surface area contributed by atoms with Crippen molar-refractivity contribution in [3.05, 3.63) is 34.9 Å². The first-order valence-electron chi connectivity index (χ1n) is 12.6. The number of aryl methyl sites for hydroxylation is 2. The van der Waals surface area contributed by atoms with Crippen LogP contribution in [0.3, 0.4) is 0 Å². The monoisotopic (exact) mass is 489 g/mol. The standard InChI is InChI=1S/C28H47N3O4/c1-13-20(6)22(30-26(34)35-28(10,11)12)25(33)31(27(7,8)9)23(24(32)29-17(2)3)21-15-18(4)14-19(5)16-21/h14-17,20,22-23H,13H2,1-12H3,(H,29,32)(H,30,34). The van der Waals surface area contributed by atoms with Crippen molar-refractivity contribution < 1.29 is 19.1 Å². The number of benzene rings is 1. The fourth-order valence-electron chi connectivity index (χ4n) is 4.06. The van der Waals surface area contributed by atoms with E-state index >= 15 is 0 Å². The molecule has 0 heterocycles. The third-order valence-corrected chi connectivity index (χ3v) is 5.61. The minimum Gasteiger partial charge on any atom is -0.444 e. The molecule has 3 unspecified atom stereocenters. The molecule has 3 atom stereocenters. The molecule has 0 saturated heterocycles. The molecule has 198 valence electrons. The molecule has 7 nitrogen and oxygen atoms in total. The molecule has 0 aliphatic rings. The van der Waals surface area contributed by atoms with Crippen molar-refractivity contribution in [1.82, 2.24) is 15.5 Å². The van der Waals surface area contributed by atoms with Gasteiger partial charge in [0.15, 0.2) is 0 Å². The van der Waals surface area contributed by atoms with E-state index in [0.29, 0.717) is 6.42 Å². The highest BCUT2D eigenvalue weighted by atomic mass is 16.6. The molecule has 0 fully saturated rings. The van der Waals surface area contributed by atoms with Crippen molar-refractivity contribution in [1.29, 1.82) is 0 Å². The maximum atomic E-state index is 14.2. The van der Waals surface area contributed by atoms with Gasteiger partial charge in [0.2, 0.25) is 11.8 Å². The van der Waals surface area contributed by atoms with E-state index in [-0.39, 0.29) is 23.8 Å². The molecule has 0 radical (unpaired) electrons. The molecular formula is C28H47N3O4. The van der Waals surface area contributed by atoms with Crippen LogP contribution in [0, 0.1) is 19.8 Å². The Bertz CT molecular complexity index is 876. The second-order valence-corrected chi connectivity index (χ2v) is 11.9. The number of ether oxygens (including phenoxy) is 1. The quantitative estimate of drug-likeness (QED) is 0.509. The molecule has 1 aromatic rings. The summed E-state index contributed by atoms with van der Waals surface area (Å²) in [6, 6.07) is 4.12. The summed E-state index contributed by atoms with van der Waals surface area (Å²) in [6.45, 7) is 22.7. The van der Waals surface area contributed by atoms with Crippen molar-refractivity contribution in [3.8, 4) is 0 Å². The first-order valence-corrected chi connectivity index (χ1v) is 12.6. The van der Waals surface area contributed by atoms with Crippen LogP contribution in [0.1, 0.15) is 98.4 Å². The van der Waals surface area contributed by atoms with Gasteiger partial charge >= 0.3 is 6.09 Å². The number of hydrogen-bond donors (Lipinski definition) is 2. The van der Waals surface area contributed by atoms with E-state index in [1.165, 1.54) is 0 Å². The molecule has 7 heteroatoms. The van der Waals surface area contributed by atoms with E-state index < -0.39 is 29.3 Å². The molecule has 0 aromatic heterocycles. The Labute approximate surface area is 212 Å². The summed E-state index contributed by atoms with van der Waals surface area (Å²) in [4.78, 5) is 42.2. The Morgan fingerprint density at radius 2 is 1.43 bits per heavy atom. The van der Waals surface area contributed by atoms with Crippen molar-refractivity contribution in [2.75, 3.05) is 0 Å². The minimum absolute atomic E-state index is 0.0990. The van der Waals surface area contributed by atoms with Gasteiger partial charge in [-0.05, 0) is 80.7 Å². The summed E-state index contributed by atoms with van der Waals surface area (Å²) in [5, 5.41) is 5.80. The molecule has 1 aromatic carbocycles. The van der Waals surface area contributed by atoms with Crippen molar-refractivity contribution in [2.45, 2.75) is 119 Å². The van der Waals surface area contributed by atoms with Crippen LogP contribution in [0.2, 0.25) is 0 Å². The van der Waals surface area contributed by atoms with E-state index in [9.17, 15) is 14.4 Å². The fraction of sp³-hybridized carbons (Fsp3) is 0.679. The van der Waals surface area contributed by atoms with Crippen LogP contribution in [-0.2, 0) is 14.3 Å². The van der Waals surface area contributed by atoms with Gasteiger partial charge in [-0.25, -0.2) is 4.79 Å². The number of nitrogens with one attached hydrogen (secondary N) is 2. The Balaban J connectivity index is 3.66. The lowest BCUT2D eigenvalue weighted by Gasteiger charge is -2.44. The van der Waals surface area contributed by atoms with Gasteiger partial charge in [0, 0.05) is 11.6 Å². The smallest absolute Gasteiger partial charge is 0.408 e. The highest BCUT2D eigenvalue weighted by Gasteiger charge is 2.43. The number of nitrogens with zero attached hydrogens (tertiary/aromatic N) is 1. The molecular weight excluding hydrogens is 442 g/mol. The lowest BCUT2D eigenvalue weighted by Crippen LogP contribution is -2.60. The SMILES string of the molecule is CCC(C)C(NC(=O)OC(C)(C)C)C(=O)N(C(C(=O)NC(C)C)c1cc(C)cc(C)c1)C(C)(C)C. The minimum atomic E-state index is -0.865. The van der Waals surface area contributed by atoms with Crippen LogP contribution in [0.4, 0.5) is 4.79 Å². The zero-order valence-electron chi connectivity index (χ0n) is 23.8. The maximum Gasteiger partial charge on any atom is 0.408 e. The molecule has 0 bridgehead atoms. The van der Waals surface area contributed by atoms with E-state index in [2.05, 4.69) is 10.6 Å². The largest absolute Gasteiger partial charge is 0.444 e. The van der Waals surface area contributed by atoms with Crippen LogP contribution in [0.5, 0.6) is 0 Å². The van der Waals surface area contributed by atoms with Crippen LogP contribution < -0.4 is 10.6 Å². The number of alkyl carbamates (subject to hydrolysis) is 1. The van der Waals surface area contributed by atoms with Crippen molar-refractivity contribution in [3.63, 3.8) is 0 Å². The van der Waals surface area contributed by atoms with Crippen LogP contribution in [-0.4, -0.2) is 46.0 Å². The summed E-state index contributed by atoms with van der Waals surface area (Å²) < 4.78 is 5.45. The number of hydrogen-bond acceptors (Lipinski definition) is 4. The zero-order valence-corrected chi connectivity index (χ0v) is 23.8. The molecule has 0 spiro atoms. The lowest BCUT2D eigenvalue weighted by molar-refractivity contribution is -0.149. The zero-order chi connectivity index (χ0) is 27.3. The Morgan fingerprint density at radius 3 is 1.83 bits per heavy atom. The number of rotatable bonds is 8. The molecule has 2 N–H and O–H groups in total. The molecule has 0 aliphatic carbocycles. The first kappa shape index (κ1) is 30.5. The topological polar surface area (TPSA) is 87.7 Å². The van der Waals surface area contributed by atoms with Gasteiger partial charge in [0.25, 0.3) is 0 Å². The van der Waals surface area contributed by atoms with Crippen LogP contribution in [0.25, 0.3) is 0 Å². The van der Waals surface area contributed by atoms with Crippen molar-refractivity contribution >= 4 is 17.9 Å². The van der Waals surface area contributed by atoms with Gasteiger partial charge in [-0.1, -0.05) is 49.6 Å². The van der Waals surface area contributed by atoms with Gasteiger partial charge in [-0.3, -0.25) is 9.59 Å². The van der Waals surface area contributed by atoms with Gasteiger partial charge in [-0.2, -0.15) is 0 Å². The molecule has 35 heavy (non-hydrogen) atoms. The highest BCUT2D eigenvalue weighted by molar-refractivity contribution is 5.93. The number of carbonyl (C=O) groups excluding carboxylic acids is 3. The summed E-state index contributed by atoms with van der Waals surface area (Å²) in [5.74, 6) is -0.748. The van der Waals surface area contributed by atoms with Gasteiger partial charge in [0.05, 0.1) is 0 Å². The molecule has 0 saturated carbocycles. The Hall–Kier alpha value is -2.57. The Kier molecular flexibility index (Phi) is 10.4. The second kappa shape index (κ2) is 11.9. The predicted octanol–water partition coefficient (Wildman–Crippen LogP) is 5.44. The van der Waals surface area contributed by atoms with Crippen LogP contribution >= 0.6 is 0 Å². The summed E-state index contributed by atoms with van der Waals surface area (Å²) in [5.41, 5.74) is 1.34. The molecule has 3 amide bonds. The fourth-order valence-corrected chi connectivity index (χ4v) is 4.06. The average molecular weight is 490 g/mol. The lowest BCUT2D eigenvalue weighted by atomic mass is 9.90. The summed E-state index contributed by atoms with van der Waals surface area (Å²) >= 11 is 0. The third-order valence-electron chi connectivity index (χ3n) is 5.61. The first-order chi connectivity index (χ1) is 15.9. The predicted molar refractivity (Wildman–Crippen MR) is 141 cm³/mol. The van der Waals surface area contributed by atoms with E-state index in [0.717, 1.165) is 16.7 Å². The van der Waals surface area contributed by atoms with E-state index in [1.807, 2.05) is 80.5 Å². The number of carbonyl (C=O) groups is 3. The molecule has 0 aliphatic heterocycles. The Morgan fingerprint density at radius 1 is 0.914 bits per heavy atom. The normalized spacial score (nSPS) is 14.7. The third kappa shape index (κ3) is 9.19. The summed E-state index contributed by atoms with van der Waals surface area (Å²) in [6.07, 6.45) is 0.0101. The maximum absolute atomic E-state index is 14.2. The van der Waals surface area contributed by atoms with Gasteiger partial charge < -0.3 is 20.3 Å². The van der Waals surface area contributed by atoms with Gasteiger partial charge in [-0.15, -0.1) is 0 Å². The van der Waals surface area contributed by atoms with Crippen LogP contribution in [0.15, 0.2) is 18.2 Å². The highest BCUT2D eigenvalue weighted by Crippen LogP contribution is 2.32. The number of amides is 3. The van der Waals surface area contributed by atoms with Crippen molar-refractivity contribution in [2.24, 2.45) is 5.92 Å². The second-order valence-electron chi connectivity index (χ2n) is 11.9. The van der Waals surface area contributed by atoms with E-state index in [4.69, 9.17) is 4.74 Å². The average Bonchev–Trinajstić information content (AvgIpc) is 2.65. The van der Waals surface area contributed by atoms with Gasteiger partial charge in [0.1, 0.15) is 17.7 Å². The summed E-state index contributed by atoms with van der Waals surface area (Å²) in [7, 11) is 0. The molecule has 1 rings (SSSR count). The van der Waals surface area contributed by atoms with E-state index in [1.54, 1.807) is 25.7 Å².